The number of ether oxygens (including phenoxy) is 2. The average molecular weight is 511 g/mol. The third kappa shape index (κ3) is 7.63. The van der Waals surface area contributed by atoms with Crippen LogP contribution in [0, 0.1) is 0 Å². The molecule has 3 rings (SSSR count). The summed E-state index contributed by atoms with van der Waals surface area (Å²) < 4.78 is 11.1. The number of halogens is 1. The maximum atomic E-state index is 12.7. The fraction of sp³-hybridized carbons (Fsp3) is 0.259. The third-order valence-electron chi connectivity index (χ3n) is 5.48. The molecule has 8 nitrogen and oxygen atoms in total. The van der Waals surface area contributed by atoms with Gasteiger partial charge < -0.3 is 30.3 Å². The van der Waals surface area contributed by atoms with Gasteiger partial charge in [-0.1, -0.05) is 43.6 Å². The Morgan fingerprint density at radius 1 is 0.917 bits per heavy atom. The van der Waals surface area contributed by atoms with Gasteiger partial charge in [-0.25, -0.2) is 4.79 Å². The number of para-hydroxylation sites is 1. The van der Waals surface area contributed by atoms with Crippen LogP contribution in [-0.2, 0) is 0 Å². The summed E-state index contributed by atoms with van der Waals surface area (Å²) in [4.78, 5) is 27.4. The minimum atomic E-state index is -0.493. The molecule has 0 aliphatic rings. The number of urea groups is 1. The molecule has 0 heterocycles. The SMILES string of the molecule is CCN(CC)CCNC(=O)c1cc(Cl)c(NC(=O)Nc2ccc(Oc3ccccc3)cc2)cc1OC. The topological polar surface area (TPSA) is 91.9 Å². The van der Waals surface area contributed by atoms with Gasteiger partial charge in [0.1, 0.15) is 17.2 Å². The van der Waals surface area contributed by atoms with Crippen LogP contribution in [0.4, 0.5) is 16.2 Å². The molecule has 3 aromatic carbocycles. The number of methoxy groups -OCH3 is 1. The van der Waals surface area contributed by atoms with E-state index in [1.807, 2.05) is 30.3 Å². The van der Waals surface area contributed by atoms with Crippen molar-refractivity contribution < 1.29 is 19.1 Å². The first-order valence-corrected chi connectivity index (χ1v) is 12.1. The fourth-order valence-corrected chi connectivity index (χ4v) is 3.68. The Hall–Kier alpha value is -3.75. The molecule has 3 N–H and O–H groups in total. The standard InChI is InChI=1S/C27H31ClN4O4/c1-4-32(5-2)16-15-29-26(33)22-17-23(28)24(18-25(22)35-3)31-27(34)30-19-11-13-21(14-12-19)36-20-9-7-6-8-10-20/h6-14,17-18H,4-5,15-16H2,1-3H3,(H,29,33)(H2,30,31,34). The number of anilines is 2. The molecule has 0 atom stereocenters. The first-order valence-electron chi connectivity index (χ1n) is 11.7. The highest BCUT2D eigenvalue weighted by Crippen LogP contribution is 2.31. The smallest absolute Gasteiger partial charge is 0.323 e. The van der Waals surface area contributed by atoms with Crippen LogP contribution in [0.5, 0.6) is 17.2 Å². The van der Waals surface area contributed by atoms with Crippen LogP contribution < -0.4 is 25.4 Å². The van der Waals surface area contributed by atoms with Gasteiger partial charge in [-0.05, 0) is 55.6 Å². The molecule has 0 radical (unpaired) electrons. The van der Waals surface area contributed by atoms with Crippen LogP contribution in [-0.4, -0.2) is 50.1 Å². The number of nitrogens with zero attached hydrogens (tertiary/aromatic N) is 1. The van der Waals surface area contributed by atoms with Crippen LogP contribution in [0.25, 0.3) is 0 Å². The number of nitrogens with one attached hydrogen (secondary N) is 3. The van der Waals surface area contributed by atoms with Crippen molar-refractivity contribution in [3.8, 4) is 17.2 Å². The molecule has 0 unspecified atom stereocenters. The molecule has 0 aliphatic heterocycles. The Balaban J connectivity index is 1.60. The molecule has 0 saturated heterocycles. The fourth-order valence-electron chi connectivity index (χ4n) is 3.47. The molecule has 190 valence electrons. The molecule has 0 saturated carbocycles. The number of likely N-dealkylation sites (N-methyl/N-ethyl adjacent to an activating group) is 1. The van der Waals surface area contributed by atoms with Crippen molar-refractivity contribution in [2.24, 2.45) is 0 Å². The summed E-state index contributed by atoms with van der Waals surface area (Å²) in [5.41, 5.74) is 1.18. The van der Waals surface area contributed by atoms with E-state index in [4.69, 9.17) is 21.1 Å². The zero-order valence-electron chi connectivity index (χ0n) is 20.6. The van der Waals surface area contributed by atoms with E-state index in [9.17, 15) is 9.59 Å². The molecule has 9 heteroatoms. The lowest BCUT2D eigenvalue weighted by atomic mass is 10.1. The molecule has 0 aliphatic carbocycles. The van der Waals surface area contributed by atoms with Crippen molar-refractivity contribution in [2.45, 2.75) is 13.8 Å². The number of benzene rings is 3. The minimum absolute atomic E-state index is 0.214. The van der Waals surface area contributed by atoms with E-state index in [-0.39, 0.29) is 10.9 Å². The van der Waals surface area contributed by atoms with Crippen molar-refractivity contribution in [1.29, 1.82) is 0 Å². The summed E-state index contributed by atoms with van der Waals surface area (Å²) in [5.74, 6) is 1.37. The van der Waals surface area contributed by atoms with E-state index in [1.54, 1.807) is 24.3 Å². The lowest BCUT2D eigenvalue weighted by molar-refractivity contribution is 0.0946. The number of carbonyl (C=O) groups excluding carboxylic acids is 2. The first kappa shape index (κ1) is 26.8. The van der Waals surface area contributed by atoms with Crippen LogP contribution in [0.15, 0.2) is 66.7 Å². The van der Waals surface area contributed by atoms with Crippen LogP contribution in [0.1, 0.15) is 24.2 Å². The summed E-state index contributed by atoms with van der Waals surface area (Å²) in [6, 6.07) is 18.9. The largest absolute Gasteiger partial charge is 0.496 e. The summed E-state index contributed by atoms with van der Waals surface area (Å²) in [7, 11) is 1.46. The predicted molar refractivity (Wildman–Crippen MR) is 144 cm³/mol. The Bertz CT molecular complexity index is 1150. The summed E-state index contributed by atoms with van der Waals surface area (Å²) >= 11 is 6.37. The first-order chi connectivity index (χ1) is 17.4. The van der Waals surface area contributed by atoms with Crippen molar-refractivity contribution in [1.82, 2.24) is 10.2 Å². The lowest BCUT2D eigenvalue weighted by Gasteiger charge is -2.18. The number of rotatable bonds is 11. The molecular formula is C27H31ClN4O4. The lowest BCUT2D eigenvalue weighted by Crippen LogP contribution is -2.35. The summed E-state index contributed by atoms with van der Waals surface area (Å²) in [5, 5.41) is 8.54. The molecular weight excluding hydrogens is 480 g/mol. The molecule has 36 heavy (non-hydrogen) atoms. The predicted octanol–water partition coefficient (Wildman–Crippen LogP) is 5.86. The molecule has 3 amide bonds. The van der Waals surface area contributed by atoms with Gasteiger partial charge in [-0.15, -0.1) is 0 Å². The zero-order chi connectivity index (χ0) is 25.9. The monoisotopic (exact) mass is 510 g/mol. The van der Waals surface area contributed by atoms with Crippen molar-refractivity contribution in [2.75, 3.05) is 43.9 Å². The average Bonchev–Trinajstić information content (AvgIpc) is 2.89. The van der Waals surface area contributed by atoms with Gasteiger partial charge in [0.15, 0.2) is 0 Å². The molecule has 0 bridgehead atoms. The van der Waals surface area contributed by atoms with E-state index >= 15 is 0 Å². The highest BCUT2D eigenvalue weighted by Gasteiger charge is 2.17. The number of hydrogen-bond donors (Lipinski definition) is 3. The van der Waals surface area contributed by atoms with Crippen LogP contribution in [0.2, 0.25) is 5.02 Å². The maximum absolute atomic E-state index is 12.7. The van der Waals surface area contributed by atoms with Gasteiger partial charge >= 0.3 is 6.03 Å². The number of hydrogen-bond acceptors (Lipinski definition) is 5. The summed E-state index contributed by atoms with van der Waals surface area (Å²) in [6.07, 6.45) is 0. The molecule has 3 aromatic rings. The second-order valence-electron chi connectivity index (χ2n) is 7.83. The highest BCUT2D eigenvalue weighted by atomic mass is 35.5. The van der Waals surface area contributed by atoms with Gasteiger partial charge in [0.2, 0.25) is 0 Å². The second kappa shape index (κ2) is 13.4. The van der Waals surface area contributed by atoms with E-state index in [2.05, 4.69) is 34.7 Å². The molecule has 0 aromatic heterocycles. The van der Waals surface area contributed by atoms with E-state index in [0.29, 0.717) is 35.0 Å². The van der Waals surface area contributed by atoms with Gasteiger partial charge in [-0.2, -0.15) is 0 Å². The Morgan fingerprint density at radius 2 is 1.58 bits per heavy atom. The quantitative estimate of drug-likeness (QED) is 0.300. The van der Waals surface area contributed by atoms with Gasteiger partial charge in [0.05, 0.1) is 23.4 Å². The normalized spacial score (nSPS) is 10.6. The van der Waals surface area contributed by atoms with Crippen molar-refractivity contribution in [3.63, 3.8) is 0 Å². The van der Waals surface area contributed by atoms with Crippen LogP contribution >= 0.6 is 11.6 Å². The Kier molecular flexibility index (Phi) is 9.97. The molecule has 0 fully saturated rings. The zero-order valence-corrected chi connectivity index (χ0v) is 21.4. The van der Waals surface area contributed by atoms with Gasteiger partial charge in [0, 0.05) is 24.8 Å². The summed E-state index contributed by atoms with van der Waals surface area (Å²) in [6.45, 7) is 7.22. The second-order valence-corrected chi connectivity index (χ2v) is 8.24. The van der Waals surface area contributed by atoms with Gasteiger partial charge in [-0.3, -0.25) is 4.79 Å². The highest BCUT2D eigenvalue weighted by molar-refractivity contribution is 6.34. The van der Waals surface area contributed by atoms with Crippen molar-refractivity contribution >= 4 is 34.9 Å². The molecule has 0 spiro atoms. The Labute approximate surface area is 216 Å². The third-order valence-corrected chi connectivity index (χ3v) is 5.79. The number of carbonyl (C=O) groups is 2. The number of amides is 3. The van der Waals surface area contributed by atoms with E-state index < -0.39 is 6.03 Å². The van der Waals surface area contributed by atoms with Crippen molar-refractivity contribution in [3.05, 3.63) is 77.3 Å². The maximum Gasteiger partial charge on any atom is 0.323 e. The van der Waals surface area contributed by atoms with E-state index in [1.165, 1.54) is 19.2 Å². The minimum Gasteiger partial charge on any atom is -0.496 e. The van der Waals surface area contributed by atoms with E-state index in [0.717, 1.165) is 25.4 Å². The van der Waals surface area contributed by atoms with Crippen LogP contribution in [0.3, 0.4) is 0 Å². The Morgan fingerprint density at radius 3 is 2.22 bits per heavy atom. The van der Waals surface area contributed by atoms with Gasteiger partial charge in [0.25, 0.3) is 5.91 Å².